The smallest absolute Gasteiger partial charge is 0.330 e. The average Bonchev–Trinajstić information content (AvgIpc) is 2.12. The van der Waals surface area contributed by atoms with Crippen molar-refractivity contribution in [2.24, 2.45) is 0 Å². The summed E-state index contributed by atoms with van der Waals surface area (Å²) in [5.41, 5.74) is 0.203. The highest BCUT2D eigenvalue weighted by Crippen LogP contribution is 2.04. The first-order valence-corrected chi connectivity index (χ1v) is 4.92. The number of carbonyl (C=O) groups excluding carboxylic acids is 2. The minimum absolute atomic E-state index is 0.203. The number of carboxylic acids is 1. The van der Waals surface area contributed by atoms with Crippen molar-refractivity contribution in [3.8, 4) is 0 Å². The zero-order chi connectivity index (χ0) is 12.7. The summed E-state index contributed by atoms with van der Waals surface area (Å²) in [5.74, 6) is -1.84. The van der Waals surface area contributed by atoms with Crippen LogP contribution in [0, 0.1) is 0 Å². The highest BCUT2D eigenvalue weighted by Gasteiger charge is 2.11. The van der Waals surface area contributed by atoms with Crippen LogP contribution in [0.3, 0.4) is 0 Å². The molecule has 0 spiro atoms. The van der Waals surface area contributed by atoms with E-state index >= 15 is 0 Å². The summed E-state index contributed by atoms with van der Waals surface area (Å²) in [6, 6.07) is 0. The quantitative estimate of drug-likeness (QED) is 0.421. The van der Waals surface area contributed by atoms with Crippen molar-refractivity contribution in [3.63, 3.8) is 0 Å². The van der Waals surface area contributed by atoms with Gasteiger partial charge in [-0.05, 0) is 20.8 Å². The monoisotopic (exact) mass is 228 g/mol. The molecule has 0 saturated heterocycles. The molecule has 5 nitrogen and oxygen atoms in total. The summed E-state index contributed by atoms with van der Waals surface area (Å²) in [4.78, 5) is 32.1. The number of ketones is 1. The molecule has 0 radical (unpaired) electrons. The van der Waals surface area contributed by atoms with Crippen LogP contribution in [0.1, 0.15) is 33.6 Å². The van der Waals surface area contributed by atoms with Gasteiger partial charge in [0, 0.05) is 12.0 Å². The summed E-state index contributed by atoms with van der Waals surface area (Å²) in [7, 11) is 0. The number of ether oxygens (including phenoxy) is 1. The minimum Gasteiger partial charge on any atom is -0.478 e. The predicted octanol–water partition coefficient (Wildman–Crippen LogP) is 1.32. The van der Waals surface area contributed by atoms with Gasteiger partial charge in [-0.25, -0.2) is 4.79 Å². The van der Waals surface area contributed by atoms with Crippen molar-refractivity contribution in [1.29, 1.82) is 0 Å². The van der Waals surface area contributed by atoms with E-state index in [4.69, 9.17) is 9.84 Å². The number of hydrogen-bond acceptors (Lipinski definition) is 4. The Hall–Kier alpha value is -1.65. The first kappa shape index (κ1) is 14.3. The molecule has 0 rings (SSSR count). The van der Waals surface area contributed by atoms with Crippen LogP contribution >= 0.6 is 0 Å². The van der Waals surface area contributed by atoms with Crippen LogP contribution in [0.2, 0.25) is 0 Å². The Morgan fingerprint density at radius 2 is 1.88 bits per heavy atom. The molecule has 0 fully saturated rings. The lowest BCUT2D eigenvalue weighted by Crippen LogP contribution is -2.16. The average molecular weight is 228 g/mol. The molecular weight excluding hydrogens is 212 g/mol. The lowest BCUT2D eigenvalue weighted by atomic mass is 10.2. The molecule has 0 saturated carbocycles. The van der Waals surface area contributed by atoms with Crippen LogP contribution in [-0.2, 0) is 19.1 Å². The highest BCUT2D eigenvalue weighted by atomic mass is 16.5. The van der Waals surface area contributed by atoms with Crippen LogP contribution in [0.25, 0.3) is 0 Å². The topological polar surface area (TPSA) is 80.7 Å². The maximum Gasteiger partial charge on any atom is 0.330 e. The molecule has 0 amide bonds. The van der Waals surface area contributed by atoms with E-state index in [-0.39, 0.29) is 17.8 Å². The van der Waals surface area contributed by atoms with Gasteiger partial charge >= 0.3 is 11.9 Å². The van der Waals surface area contributed by atoms with Gasteiger partial charge in [-0.15, -0.1) is 0 Å². The Balaban J connectivity index is 4.04. The number of carboxylic acid groups (broad SMARTS) is 1. The van der Waals surface area contributed by atoms with Crippen molar-refractivity contribution in [2.45, 2.75) is 39.7 Å². The van der Waals surface area contributed by atoms with Gasteiger partial charge < -0.3 is 9.84 Å². The van der Waals surface area contributed by atoms with Crippen molar-refractivity contribution >= 4 is 17.7 Å². The number of esters is 1. The SMILES string of the molecule is CC(=O)CC(=O)OC(C)CC=C(C)C(=O)O. The Morgan fingerprint density at radius 1 is 1.31 bits per heavy atom. The second kappa shape index (κ2) is 6.76. The van der Waals surface area contributed by atoms with Crippen LogP contribution in [0.5, 0.6) is 0 Å². The maximum atomic E-state index is 11.1. The van der Waals surface area contributed by atoms with Crippen molar-refractivity contribution in [3.05, 3.63) is 11.6 Å². The largest absolute Gasteiger partial charge is 0.478 e. The molecule has 16 heavy (non-hydrogen) atoms. The fraction of sp³-hybridized carbons (Fsp3) is 0.545. The summed E-state index contributed by atoms with van der Waals surface area (Å²) in [6.45, 7) is 4.41. The Kier molecular flexibility index (Phi) is 6.07. The van der Waals surface area contributed by atoms with Crippen LogP contribution in [0.4, 0.5) is 0 Å². The number of Topliss-reactive ketones (excluding diaryl/α,β-unsaturated/α-hetero) is 1. The second-order valence-corrected chi connectivity index (χ2v) is 3.61. The fourth-order valence-electron chi connectivity index (χ4n) is 0.947. The van der Waals surface area contributed by atoms with Gasteiger partial charge in [-0.2, -0.15) is 0 Å². The van der Waals surface area contributed by atoms with E-state index in [2.05, 4.69) is 0 Å². The number of aliphatic carboxylic acids is 1. The minimum atomic E-state index is -0.998. The van der Waals surface area contributed by atoms with Crippen molar-refractivity contribution < 1.29 is 24.2 Å². The lowest BCUT2D eigenvalue weighted by Gasteiger charge is -2.10. The van der Waals surface area contributed by atoms with Gasteiger partial charge in [0.1, 0.15) is 18.3 Å². The van der Waals surface area contributed by atoms with E-state index < -0.39 is 18.0 Å². The Morgan fingerprint density at radius 3 is 2.31 bits per heavy atom. The van der Waals surface area contributed by atoms with Crippen molar-refractivity contribution in [1.82, 2.24) is 0 Å². The number of rotatable bonds is 6. The van der Waals surface area contributed by atoms with Gasteiger partial charge in [0.2, 0.25) is 0 Å². The van der Waals surface area contributed by atoms with Gasteiger partial charge in [0.05, 0.1) is 0 Å². The summed E-state index contributed by atoms with van der Waals surface area (Å²) < 4.78 is 4.89. The lowest BCUT2D eigenvalue weighted by molar-refractivity contribution is -0.149. The fourth-order valence-corrected chi connectivity index (χ4v) is 0.947. The number of hydrogen-bond donors (Lipinski definition) is 1. The molecule has 0 aliphatic carbocycles. The Bertz CT molecular complexity index is 316. The van der Waals surface area contributed by atoms with E-state index in [1.165, 1.54) is 19.9 Å². The molecule has 0 aromatic rings. The van der Waals surface area contributed by atoms with E-state index in [0.717, 1.165) is 0 Å². The normalized spacial score (nSPS) is 13.1. The van der Waals surface area contributed by atoms with Crippen LogP contribution < -0.4 is 0 Å². The van der Waals surface area contributed by atoms with Crippen LogP contribution in [-0.4, -0.2) is 28.9 Å². The molecule has 5 heteroatoms. The molecule has 90 valence electrons. The van der Waals surface area contributed by atoms with Crippen LogP contribution in [0.15, 0.2) is 11.6 Å². The van der Waals surface area contributed by atoms with E-state index in [9.17, 15) is 14.4 Å². The van der Waals surface area contributed by atoms with E-state index in [1.54, 1.807) is 6.92 Å². The number of carbonyl (C=O) groups is 3. The van der Waals surface area contributed by atoms with Gasteiger partial charge in [-0.3, -0.25) is 9.59 Å². The highest BCUT2D eigenvalue weighted by molar-refractivity contribution is 5.94. The predicted molar refractivity (Wildman–Crippen MR) is 56.9 cm³/mol. The standard InChI is InChI=1S/C11H16O5/c1-7(11(14)15)4-5-9(3)16-10(13)6-8(2)12/h4,9H,5-6H2,1-3H3,(H,14,15). The zero-order valence-electron chi connectivity index (χ0n) is 9.65. The third-order valence-corrected chi connectivity index (χ3v) is 1.82. The molecule has 0 aromatic heterocycles. The Labute approximate surface area is 94.1 Å². The maximum absolute atomic E-state index is 11.1. The molecule has 1 atom stereocenters. The van der Waals surface area contributed by atoms with Gasteiger partial charge in [0.25, 0.3) is 0 Å². The molecule has 1 unspecified atom stereocenters. The van der Waals surface area contributed by atoms with E-state index in [0.29, 0.717) is 6.42 Å². The molecule has 1 N–H and O–H groups in total. The summed E-state index contributed by atoms with van der Waals surface area (Å²) in [5, 5.41) is 8.58. The third kappa shape index (κ3) is 6.75. The molecule has 0 bridgehead atoms. The van der Waals surface area contributed by atoms with Gasteiger partial charge in [-0.1, -0.05) is 6.08 Å². The van der Waals surface area contributed by atoms with Crippen molar-refractivity contribution in [2.75, 3.05) is 0 Å². The molecule has 0 aliphatic heterocycles. The molecular formula is C11H16O5. The second-order valence-electron chi connectivity index (χ2n) is 3.61. The zero-order valence-corrected chi connectivity index (χ0v) is 9.65. The third-order valence-electron chi connectivity index (χ3n) is 1.82. The first-order valence-electron chi connectivity index (χ1n) is 4.92. The molecule has 0 heterocycles. The van der Waals surface area contributed by atoms with E-state index in [1.807, 2.05) is 0 Å². The molecule has 0 aliphatic rings. The molecule has 0 aromatic carbocycles. The first-order chi connectivity index (χ1) is 7.32. The van der Waals surface area contributed by atoms with Gasteiger partial charge in [0.15, 0.2) is 0 Å². The summed E-state index contributed by atoms with van der Waals surface area (Å²) in [6.07, 6.45) is 1.13. The summed E-state index contributed by atoms with van der Waals surface area (Å²) >= 11 is 0.